The second kappa shape index (κ2) is 8.03. The zero-order valence-corrected chi connectivity index (χ0v) is 16.9. The molecule has 0 aliphatic heterocycles. The van der Waals surface area contributed by atoms with Gasteiger partial charge in [0.15, 0.2) is 0 Å². The molecular formula is C22H25N5O2. The van der Waals surface area contributed by atoms with Gasteiger partial charge in [-0.2, -0.15) is 0 Å². The van der Waals surface area contributed by atoms with Crippen LogP contribution in [0.25, 0.3) is 0 Å². The molecule has 0 amide bonds. The zero-order chi connectivity index (χ0) is 20.4. The summed E-state index contributed by atoms with van der Waals surface area (Å²) >= 11 is 0. The number of rotatable bonds is 7. The lowest BCUT2D eigenvalue weighted by atomic mass is 10.2. The van der Waals surface area contributed by atoms with Gasteiger partial charge in [0.25, 0.3) is 5.56 Å². The van der Waals surface area contributed by atoms with E-state index >= 15 is 0 Å². The fourth-order valence-corrected chi connectivity index (χ4v) is 3.26. The Hall–Kier alpha value is -3.22. The van der Waals surface area contributed by atoms with Crippen LogP contribution in [0.15, 0.2) is 47.5 Å². The van der Waals surface area contributed by atoms with E-state index in [9.17, 15) is 4.79 Å². The van der Waals surface area contributed by atoms with Gasteiger partial charge >= 0.3 is 0 Å². The maximum Gasteiger partial charge on any atom is 0.290 e. The van der Waals surface area contributed by atoms with E-state index in [1.54, 1.807) is 19.3 Å². The molecule has 0 bridgehead atoms. The molecule has 0 spiro atoms. The van der Waals surface area contributed by atoms with Crippen molar-refractivity contribution in [3.8, 4) is 5.88 Å². The maximum absolute atomic E-state index is 12.4. The van der Waals surface area contributed by atoms with Gasteiger partial charge in [0, 0.05) is 55.3 Å². The van der Waals surface area contributed by atoms with Gasteiger partial charge in [-0.3, -0.25) is 14.8 Å². The molecule has 1 aliphatic rings. The van der Waals surface area contributed by atoms with E-state index in [4.69, 9.17) is 4.74 Å². The summed E-state index contributed by atoms with van der Waals surface area (Å²) in [5.74, 6) is 1.31. The average molecular weight is 391 g/mol. The first-order valence-electron chi connectivity index (χ1n) is 9.78. The third-order valence-corrected chi connectivity index (χ3v) is 5.18. The number of aromatic nitrogens is 4. The Morgan fingerprint density at radius 2 is 2.03 bits per heavy atom. The minimum Gasteiger partial charge on any atom is -0.476 e. The molecule has 0 radical (unpaired) electrons. The highest BCUT2D eigenvalue weighted by Gasteiger charge is 2.40. The van der Waals surface area contributed by atoms with E-state index in [2.05, 4.69) is 32.5 Å². The monoisotopic (exact) mass is 391 g/mol. The van der Waals surface area contributed by atoms with Gasteiger partial charge in [-0.05, 0) is 43.5 Å². The quantitative estimate of drug-likeness (QED) is 0.667. The molecule has 2 atom stereocenters. The Balaban J connectivity index is 1.37. The predicted molar refractivity (Wildman–Crippen MR) is 111 cm³/mol. The van der Waals surface area contributed by atoms with Crippen LogP contribution < -0.4 is 15.6 Å². The highest BCUT2D eigenvalue weighted by Crippen LogP contribution is 2.46. The van der Waals surface area contributed by atoms with Gasteiger partial charge in [0.2, 0.25) is 5.88 Å². The summed E-state index contributed by atoms with van der Waals surface area (Å²) < 4.78 is 7.20. The molecule has 3 heterocycles. The number of nitrogens with zero attached hydrogens (tertiary/aromatic N) is 4. The molecule has 150 valence electrons. The highest BCUT2D eigenvalue weighted by molar-refractivity contribution is 5.44. The fourth-order valence-electron chi connectivity index (χ4n) is 3.26. The summed E-state index contributed by atoms with van der Waals surface area (Å²) in [4.78, 5) is 21.2. The maximum atomic E-state index is 12.4. The molecule has 29 heavy (non-hydrogen) atoms. The first-order valence-corrected chi connectivity index (χ1v) is 9.78. The van der Waals surface area contributed by atoms with Gasteiger partial charge in [0.1, 0.15) is 5.69 Å². The molecule has 1 aliphatic carbocycles. The topological polar surface area (TPSA) is 81.9 Å². The Morgan fingerprint density at radius 1 is 1.17 bits per heavy atom. The van der Waals surface area contributed by atoms with Crippen LogP contribution >= 0.6 is 0 Å². The molecular weight excluding hydrogens is 366 g/mol. The molecule has 1 saturated carbocycles. The van der Waals surface area contributed by atoms with Crippen LogP contribution in [0.1, 0.15) is 34.9 Å². The van der Waals surface area contributed by atoms with Crippen molar-refractivity contribution in [3.05, 3.63) is 75.6 Å². The molecule has 1 N–H and O–H groups in total. The summed E-state index contributed by atoms with van der Waals surface area (Å²) in [6.45, 7) is 5.05. The first kappa shape index (κ1) is 19.1. The van der Waals surface area contributed by atoms with Crippen molar-refractivity contribution in [1.82, 2.24) is 19.7 Å². The Kier molecular flexibility index (Phi) is 5.29. The lowest BCUT2D eigenvalue weighted by Gasteiger charge is -2.11. The molecule has 0 saturated heterocycles. The molecule has 1 fully saturated rings. The highest BCUT2D eigenvalue weighted by atomic mass is 16.5. The second-order valence-electron chi connectivity index (χ2n) is 7.66. The molecule has 0 unspecified atom stereocenters. The summed E-state index contributed by atoms with van der Waals surface area (Å²) in [5, 5.41) is 7.39. The Labute approximate surface area is 169 Å². The SMILES string of the molecule is Cc1ccc([C@H]2C[C@@H]2COc2cc(NCc3ccc(C)nc3)c(=O)n(C)n2)nc1. The van der Waals surface area contributed by atoms with Gasteiger partial charge in [-0.25, -0.2) is 4.68 Å². The molecule has 4 rings (SSSR count). The van der Waals surface area contributed by atoms with Crippen molar-refractivity contribution in [2.75, 3.05) is 11.9 Å². The standard InChI is InChI=1S/C22H25N5O2/c1-14-4-7-19(24-10-14)18-8-17(18)13-29-21-9-20(22(28)27(3)26-21)25-12-16-6-5-15(2)23-11-16/h4-7,9-11,17-18,25H,8,12-13H2,1-3H3/t17-,18+/m1/s1. The lowest BCUT2D eigenvalue weighted by molar-refractivity contribution is 0.278. The van der Waals surface area contributed by atoms with E-state index < -0.39 is 0 Å². The van der Waals surface area contributed by atoms with Crippen LogP contribution in [0.3, 0.4) is 0 Å². The van der Waals surface area contributed by atoms with Crippen molar-refractivity contribution in [1.29, 1.82) is 0 Å². The normalized spacial score (nSPS) is 17.8. The zero-order valence-electron chi connectivity index (χ0n) is 16.9. The van der Waals surface area contributed by atoms with E-state index in [0.29, 0.717) is 36.6 Å². The van der Waals surface area contributed by atoms with Crippen LogP contribution in [-0.2, 0) is 13.6 Å². The van der Waals surface area contributed by atoms with Crippen LogP contribution in [0.4, 0.5) is 5.69 Å². The summed E-state index contributed by atoms with van der Waals surface area (Å²) in [7, 11) is 1.63. The second-order valence-corrected chi connectivity index (χ2v) is 7.66. The van der Waals surface area contributed by atoms with E-state index in [0.717, 1.165) is 28.9 Å². The Morgan fingerprint density at radius 3 is 2.76 bits per heavy atom. The van der Waals surface area contributed by atoms with Crippen molar-refractivity contribution in [2.24, 2.45) is 13.0 Å². The number of hydrogen-bond acceptors (Lipinski definition) is 6. The smallest absolute Gasteiger partial charge is 0.290 e. The van der Waals surface area contributed by atoms with Gasteiger partial charge < -0.3 is 10.1 Å². The third kappa shape index (κ3) is 4.62. The van der Waals surface area contributed by atoms with Crippen molar-refractivity contribution < 1.29 is 4.74 Å². The van der Waals surface area contributed by atoms with Crippen LogP contribution in [0, 0.1) is 19.8 Å². The Bertz CT molecular complexity index is 1040. The summed E-state index contributed by atoms with van der Waals surface area (Å²) in [6.07, 6.45) is 4.77. The van der Waals surface area contributed by atoms with Crippen molar-refractivity contribution in [2.45, 2.75) is 32.7 Å². The number of nitrogens with one attached hydrogen (secondary N) is 1. The molecule has 7 nitrogen and oxygen atoms in total. The number of pyridine rings is 2. The number of hydrogen-bond donors (Lipinski definition) is 1. The molecule has 3 aromatic heterocycles. The lowest BCUT2D eigenvalue weighted by Crippen LogP contribution is -2.24. The minimum absolute atomic E-state index is 0.189. The fraction of sp³-hybridized carbons (Fsp3) is 0.364. The van der Waals surface area contributed by atoms with Crippen LogP contribution in [0.5, 0.6) is 5.88 Å². The predicted octanol–water partition coefficient (Wildman–Crippen LogP) is 2.98. The van der Waals surface area contributed by atoms with Crippen molar-refractivity contribution in [3.63, 3.8) is 0 Å². The van der Waals surface area contributed by atoms with E-state index in [1.807, 2.05) is 32.2 Å². The third-order valence-electron chi connectivity index (χ3n) is 5.18. The van der Waals surface area contributed by atoms with Gasteiger partial charge in [0.05, 0.1) is 6.61 Å². The van der Waals surface area contributed by atoms with Crippen LogP contribution in [0.2, 0.25) is 0 Å². The number of aryl methyl sites for hydroxylation is 3. The molecule has 7 heteroatoms. The van der Waals surface area contributed by atoms with E-state index in [-0.39, 0.29) is 5.56 Å². The number of ether oxygens (including phenoxy) is 1. The largest absolute Gasteiger partial charge is 0.476 e. The van der Waals surface area contributed by atoms with Gasteiger partial charge in [-0.1, -0.05) is 12.1 Å². The van der Waals surface area contributed by atoms with Crippen LogP contribution in [-0.4, -0.2) is 26.4 Å². The molecule has 0 aromatic carbocycles. The minimum atomic E-state index is -0.189. The van der Waals surface area contributed by atoms with E-state index in [1.165, 1.54) is 4.68 Å². The average Bonchev–Trinajstić information content (AvgIpc) is 3.49. The summed E-state index contributed by atoms with van der Waals surface area (Å²) in [6, 6.07) is 9.79. The number of anilines is 1. The van der Waals surface area contributed by atoms with Gasteiger partial charge in [-0.15, -0.1) is 5.10 Å². The van der Waals surface area contributed by atoms with Crippen molar-refractivity contribution >= 4 is 5.69 Å². The first-order chi connectivity index (χ1) is 14.0. The molecule has 3 aromatic rings. The summed E-state index contributed by atoms with van der Waals surface area (Å²) in [5.41, 5.74) is 4.52.